The van der Waals surface area contributed by atoms with E-state index in [4.69, 9.17) is 9.84 Å². The average Bonchev–Trinajstić information content (AvgIpc) is 3.21. The summed E-state index contributed by atoms with van der Waals surface area (Å²) in [5.41, 5.74) is 3.05. The summed E-state index contributed by atoms with van der Waals surface area (Å²) in [6.07, 6.45) is 3.27. The van der Waals surface area contributed by atoms with E-state index >= 15 is 0 Å². The molecule has 100 valence electrons. The minimum Gasteiger partial charge on any atom is -0.481 e. The molecular formula is C13H14N2O4. The molecule has 1 aromatic carbocycles. The van der Waals surface area contributed by atoms with Crippen molar-refractivity contribution in [2.45, 2.75) is 12.8 Å². The first-order valence-electron chi connectivity index (χ1n) is 5.93. The van der Waals surface area contributed by atoms with E-state index < -0.39 is 12.6 Å². The van der Waals surface area contributed by atoms with Crippen LogP contribution >= 0.6 is 0 Å². The van der Waals surface area contributed by atoms with Crippen LogP contribution in [0.2, 0.25) is 0 Å². The molecule has 6 heteroatoms. The largest absolute Gasteiger partial charge is 0.481 e. The van der Waals surface area contributed by atoms with Crippen molar-refractivity contribution in [3.63, 3.8) is 0 Å². The number of rotatable bonds is 6. The van der Waals surface area contributed by atoms with Gasteiger partial charge in [-0.3, -0.25) is 4.79 Å². The number of carbonyl (C=O) groups excluding carboxylic acids is 1. The third-order valence-electron chi connectivity index (χ3n) is 2.60. The molecule has 1 aliphatic rings. The predicted molar refractivity (Wildman–Crippen MR) is 68.0 cm³/mol. The fraction of sp³-hybridized carbons (Fsp3) is 0.308. The van der Waals surface area contributed by atoms with Crippen LogP contribution in [0.1, 0.15) is 18.4 Å². The Morgan fingerprint density at radius 2 is 2.16 bits per heavy atom. The van der Waals surface area contributed by atoms with Gasteiger partial charge in [0.15, 0.2) is 6.61 Å². The van der Waals surface area contributed by atoms with Gasteiger partial charge in [-0.2, -0.15) is 5.10 Å². The van der Waals surface area contributed by atoms with Crippen LogP contribution in [0.3, 0.4) is 0 Å². The maximum absolute atomic E-state index is 11.4. The minimum absolute atomic E-state index is 0.0832. The Balaban J connectivity index is 1.95. The van der Waals surface area contributed by atoms with Gasteiger partial charge in [-0.15, -0.1) is 0 Å². The third kappa shape index (κ3) is 4.09. The Labute approximate surface area is 110 Å². The molecule has 0 bridgehead atoms. The summed E-state index contributed by atoms with van der Waals surface area (Å²) in [6, 6.07) is 6.88. The normalized spacial score (nSPS) is 14.3. The number of nitrogens with zero attached hydrogens (tertiary/aromatic N) is 1. The molecule has 0 saturated heterocycles. The summed E-state index contributed by atoms with van der Waals surface area (Å²) in [7, 11) is 0. The molecule has 6 nitrogen and oxygen atoms in total. The second-order valence-corrected chi connectivity index (χ2v) is 4.23. The van der Waals surface area contributed by atoms with E-state index in [0.717, 1.165) is 12.8 Å². The first-order chi connectivity index (χ1) is 9.16. The molecule has 0 atom stereocenters. The topological polar surface area (TPSA) is 88.0 Å². The van der Waals surface area contributed by atoms with Gasteiger partial charge in [0.2, 0.25) is 5.91 Å². The number of ether oxygens (including phenoxy) is 1. The smallest absolute Gasteiger partial charge is 0.341 e. The van der Waals surface area contributed by atoms with Crippen molar-refractivity contribution in [2.75, 3.05) is 6.61 Å². The van der Waals surface area contributed by atoms with Crippen LogP contribution in [-0.4, -0.2) is 29.8 Å². The molecule has 1 aromatic rings. The highest BCUT2D eigenvalue weighted by Crippen LogP contribution is 2.28. The zero-order valence-corrected chi connectivity index (χ0v) is 10.2. The lowest BCUT2D eigenvalue weighted by Gasteiger charge is -2.06. The fourth-order valence-corrected chi connectivity index (χ4v) is 1.46. The van der Waals surface area contributed by atoms with Crippen LogP contribution in [0.5, 0.6) is 5.75 Å². The zero-order chi connectivity index (χ0) is 13.7. The van der Waals surface area contributed by atoms with Crippen LogP contribution in [0.25, 0.3) is 0 Å². The Hall–Kier alpha value is -2.37. The predicted octanol–water partition coefficient (Wildman–Crippen LogP) is 1.01. The van der Waals surface area contributed by atoms with E-state index in [1.54, 1.807) is 24.3 Å². The number of hydrogen-bond acceptors (Lipinski definition) is 4. The molecule has 0 radical (unpaired) electrons. The number of amides is 1. The number of hydrazone groups is 1. The molecular weight excluding hydrogens is 248 g/mol. The van der Waals surface area contributed by atoms with Gasteiger partial charge in [0.1, 0.15) is 5.75 Å². The van der Waals surface area contributed by atoms with Crippen LogP contribution in [0.15, 0.2) is 29.4 Å². The van der Waals surface area contributed by atoms with Gasteiger partial charge in [-0.1, -0.05) is 12.1 Å². The molecule has 2 N–H and O–H groups in total. The van der Waals surface area contributed by atoms with Gasteiger partial charge in [-0.25, -0.2) is 10.2 Å². The fourth-order valence-electron chi connectivity index (χ4n) is 1.46. The number of para-hydroxylation sites is 1. The molecule has 2 rings (SSSR count). The monoisotopic (exact) mass is 262 g/mol. The van der Waals surface area contributed by atoms with Crippen molar-refractivity contribution < 1.29 is 19.4 Å². The molecule has 0 aliphatic heterocycles. The first-order valence-corrected chi connectivity index (χ1v) is 5.93. The Morgan fingerprint density at radius 1 is 1.42 bits per heavy atom. The summed E-state index contributed by atoms with van der Waals surface area (Å²) in [4.78, 5) is 21.8. The van der Waals surface area contributed by atoms with Gasteiger partial charge in [0.05, 0.1) is 6.21 Å². The van der Waals surface area contributed by atoms with E-state index in [-0.39, 0.29) is 11.8 Å². The van der Waals surface area contributed by atoms with Crippen molar-refractivity contribution in [2.24, 2.45) is 11.0 Å². The lowest BCUT2D eigenvalue weighted by atomic mass is 10.2. The maximum Gasteiger partial charge on any atom is 0.341 e. The maximum atomic E-state index is 11.4. The van der Waals surface area contributed by atoms with Crippen LogP contribution in [0.4, 0.5) is 0 Å². The molecule has 1 amide bonds. The number of hydrogen-bond donors (Lipinski definition) is 2. The van der Waals surface area contributed by atoms with Crippen molar-refractivity contribution in [1.82, 2.24) is 5.43 Å². The Bertz CT molecular complexity index is 509. The van der Waals surface area contributed by atoms with Gasteiger partial charge >= 0.3 is 5.97 Å². The van der Waals surface area contributed by atoms with Gasteiger partial charge < -0.3 is 9.84 Å². The quantitative estimate of drug-likeness (QED) is 0.591. The van der Waals surface area contributed by atoms with Crippen LogP contribution in [0, 0.1) is 5.92 Å². The zero-order valence-electron chi connectivity index (χ0n) is 10.2. The molecule has 1 saturated carbocycles. The number of aliphatic carboxylic acids is 1. The number of carboxylic acid groups (broad SMARTS) is 1. The Morgan fingerprint density at radius 3 is 2.84 bits per heavy atom. The molecule has 0 aromatic heterocycles. The minimum atomic E-state index is -1.05. The highest BCUT2D eigenvalue weighted by molar-refractivity contribution is 5.86. The first kappa shape index (κ1) is 13.1. The van der Waals surface area contributed by atoms with Crippen molar-refractivity contribution in [3.05, 3.63) is 29.8 Å². The number of carboxylic acids is 1. The summed E-state index contributed by atoms with van der Waals surface area (Å²) in [5, 5.41) is 12.4. The summed E-state index contributed by atoms with van der Waals surface area (Å²) < 4.78 is 5.11. The van der Waals surface area contributed by atoms with E-state index in [0.29, 0.717) is 11.3 Å². The second kappa shape index (κ2) is 5.99. The SMILES string of the molecule is O=C(O)COc1ccccc1/C=N/NC(=O)C1CC1. The number of carbonyl (C=O) groups is 2. The molecule has 0 unspecified atom stereocenters. The van der Waals surface area contributed by atoms with Crippen molar-refractivity contribution in [1.29, 1.82) is 0 Å². The Kier molecular flexibility index (Phi) is 4.12. The van der Waals surface area contributed by atoms with E-state index in [1.807, 2.05) is 0 Å². The summed E-state index contributed by atoms with van der Waals surface area (Å²) in [5.74, 6) is -0.626. The van der Waals surface area contributed by atoms with Crippen LogP contribution in [-0.2, 0) is 9.59 Å². The molecule has 0 spiro atoms. The highest BCUT2D eigenvalue weighted by Gasteiger charge is 2.29. The molecule has 1 aliphatic carbocycles. The lowest BCUT2D eigenvalue weighted by molar-refractivity contribution is -0.139. The number of nitrogens with one attached hydrogen (secondary N) is 1. The summed E-state index contributed by atoms with van der Waals surface area (Å²) >= 11 is 0. The van der Waals surface area contributed by atoms with Gasteiger partial charge in [0, 0.05) is 11.5 Å². The van der Waals surface area contributed by atoms with Gasteiger partial charge in [0.25, 0.3) is 0 Å². The standard InChI is InChI=1S/C13H14N2O4/c16-12(17)8-19-11-4-2-1-3-10(11)7-14-15-13(18)9-5-6-9/h1-4,7,9H,5-6,8H2,(H,15,18)(H,16,17)/b14-7+. The van der Waals surface area contributed by atoms with E-state index in [1.165, 1.54) is 6.21 Å². The second-order valence-electron chi connectivity index (χ2n) is 4.23. The van der Waals surface area contributed by atoms with E-state index in [9.17, 15) is 9.59 Å². The average molecular weight is 262 g/mol. The third-order valence-corrected chi connectivity index (χ3v) is 2.60. The summed E-state index contributed by atoms with van der Waals surface area (Å²) in [6.45, 7) is -0.417. The van der Waals surface area contributed by atoms with Crippen LogP contribution < -0.4 is 10.2 Å². The number of benzene rings is 1. The van der Waals surface area contributed by atoms with Gasteiger partial charge in [-0.05, 0) is 25.0 Å². The van der Waals surface area contributed by atoms with E-state index in [2.05, 4.69) is 10.5 Å². The highest BCUT2D eigenvalue weighted by atomic mass is 16.5. The lowest BCUT2D eigenvalue weighted by Crippen LogP contribution is -2.19. The van der Waals surface area contributed by atoms with Crippen molar-refractivity contribution in [3.8, 4) is 5.75 Å². The van der Waals surface area contributed by atoms with Crippen molar-refractivity contribution >= 4 is 18.1 Å². The molecule has 0 heterocycles. The molecule has 1 fully saturated rings. The molecule has 19 heavy (non-hydrogen) atoms.